The molecule has 1 fully saturated rings. The van der Waals surface area contributed by atoms with Crippen molar-refractivity contribution in [2.45, 2.75) is 50.3 Å². The summed E-state index contributed by atoms with van der Waals surface area (Å²) in [5.41, 5.74) is 2.13. The molecule has 7 nitrogen and oxygen atoms in total. The first-order valence-corrected chi connectivity index (χ1v) is 10.5. The van der Waals surface area contributed by atoms with Gasteiger partial charge in [-0.15, -0.1) is 0 Å². The van der Waals surface area contributed by atoms with Crippen LogP contribution in [0.5, 0.6) is 0 Å². The van der Waals surface area contributed by atoms with Gasteiger partial charge in [-0.25, -0.2) is 13.5 Å². The van der Waals surface area contributed by atoms with Crippen molar-refractivity contribution in [1.29, 1.82) is 0 Å². The van der Waals surface area contributed by atoms with Gasteiger partial charge in [0.1, 0.15) is 12.4 Å². The van der Waals surface area contributed by atoms with Crippen molar-refractivity contribution in [2.75, 3.05) is 25.0 Å². The zero-order chi connectivity index (χ0) is 20.7. The highest BCUT2D eigenvalue weighted by molar-refractivity contribution is 5.83. The fourth-order valence-corrected chi connectivity index (χ4v) is 4.99. The molecule has 0 bridgehead atoms. The summed E-state index contributed by atoms with van der Waals surface area (Å²) in [5.74, 6) is 0.616. The molecule has 0 saturated carbocycles. The normalized spacial score (nSPS) is 26.8. The Morgan fingerprint density at radius 2 is 2.03 bits per heavy atom. The Hall–Kier alpha value is -2.55. The van der Waals surface area contributed by atoms with E-state index in [0.29, 0.717) is 32.1 Å². The number of carbonyl (C=O) groups is 1. The number of amides is 1. The van der Waals surface area contributed by atoms with Crippen LogP contribution in [0, 0.1) is 5.92 Å². The zero-order valence-corrected chi connectivity index (χ0v) is 16.6. The summed E-state index contributed by atoms with van der Waals surface area (Å²) in [4.78, 5) is 19.1. The van der Waals surface area contributed by atoms with Crippen molar-refractivity contribution >= 4 is 11.9 Å². The SMILES string of the molecule is O=C([C@@H]1OCCc2ccccc21)N1CCC([C@@H]2C[C@H](C(F)F)n3ncnc3N2)CC1. The standard InChI is InChI=1S/C21H25F2N5O2/c22-19(23)17-11-16(26-21-24-12-25-28(17)21)14-5-8-27(9-6-14)20(29)18-15-4-2-1-3-13(15)7-10-30-18/h1-4,12,14,16-19H,5-11H2,(H,24,25,26)/t16-,17+,18+/m0/s1. The molecule has 0 spiro atoms. The first-order valence-electron chi connectivity index (χ1n) is 10.5. The van der Waals surface area contributed by atoms with E-state index in [9.17, 15) is 13.6 Å². The van der Waals surface area contributed by atoms with Crippen LogP contribution in [0.3, 0.4) is 0 Å². The maximum absolute atomic E-state index is 13.5. The minimum Gasteiger partial charge on any atom is -0.363 e. The predicted molar refractivity (Wildman–Crippen MR) is 105 cm³/mol. The molecule has 9 heteroatoms. The molecule has 1 amide bonds. The van der Waals surface area contributed by atoms with Crippen LogP contribution in [-0.4, -0.2) is 57.7 Å². The highest BCUT2D eigenvalue weighted by Gasteiger charge is 2.39. The summed E-state index contributed by atoms with van der Waals surface area (Å²) in [5, 5.41) is 7.22. The van der Waals surface area contributed by atoms with E-state index < -0.39 is 18.6 Å². The summed E-state index contributed by atoms with van der Waals surface area (Å²) in [6, 6.07) is 6.90. The molecule has 30 heavy (non-hydrogen) atoms. The minimum atomic E-state index is -2.49. The van der Waals surface area contributed by atoms with Crippen molar-refractivity contribution in [1.82, 2.24) is 19.7 Å². The third kappa shape index (κ3) is 3.45. The van der Waals surface area contributed by atoms with Gasteiger partial charge in [0.2, 0.25) is 5.95 Å². The summed E-state index contributed by atoms with van der Waals surface area (Å²) in [7, 11) is 0. The van der Waals surface area contributed by atoms with Gasteiger partial charge in [-0.1, -0.05) is 24.3 Å². The van der Waals surface area contributed by atoms with Gasteiger partial charge in [0.15, 0.2) is 6.10 Å². The zero-order valence-electron chi connectivity index (χ0n) is 16.6. The summed E-state index contributed by atoms with van der Waals surface area (Å²) >= 11 is 0. The number of fused-ring (bicyclic) bond motifs is 2. The topological polar surface area (TPSA) is 72.3 Å². The first kappa shape index (κ1) is 19.4. The molecule has 1 N–H and O–H groups in total. The Bertz CT molecular complexity index is 912. The van der Waals surface area contributed by atoms with Crippen LogP contribution in [0.4, 0.5) is 14.7 Å². The van der Waals surface area contributed by atoms with Crippen LogP contribution >= 0.6 is 0 Å². The molecule has 0 aliphatic carbocycles. The molecule has 0 unspecified atom stereocenters. The van der Waals surface area contributed by atoms with Crippen LogP contribution in [0.1, 0.15) is 42.5 Å². The smallest absolute Gasteiger partial charge is 0.260 e. The van der Waals surface area contributed by atoms with Gasteiger partial charge in [-0.3, -0.25) is 4.79 Å². The number of alkyl halides is 2. The third-order valence-electron chi connectivity index (χ3n) is 6.63. The quantitative estimate of drug-likeness (QED) is 0.832. The lowest BCUT2D eigenvalue weighted by atomic mass is 9.85. The monoisotopic (exact) mass is 417 g/mol. The number of carbonyl (C=O) groups excluding carboxylic acids is 1. The van der Waals surface area contributed by atoms with E-state index in [0.717, 1.165) is 24.8 Å². The first-order chi connectivity index (χ1) is 14.6. The molecule has 160 valence electrons. The lowest BCUT2D eigenvalue weighted by molar-refractivity contribution is -0.146. The average molecular weight is 417 g/mol. The maximum Gasteiger partial charge on any atom is 0.260 e. The molecule has 3 aliphatic heterocycles. The van der Waals surface area contributed by atoms with Gasteiger partial charge in [0, 0.05) is 19.1 Å². The Labute approximate surface area is 173 Å². The number of anilines is 1. The number of piperidine rings is 1. The number of halogens is 2. The molecule has 4 heterocycles. The number of hydrogen-bond donors (Lipinski definition) is 1. The average Bonchev–Trinajstić information content (AvgIpc) is 3.26. The van der Waals surface area contributed by atoms with Gasteiger partial charge in [-0.05, 0) is 42.7 Å². The van der Waals surface area contributed by atoms with Gasteiger partial charge in [-0.2, -0.15) is 10.1 Å². The van der Waals surface area contributed by atoms with Crippen molar-refractivity contribution < 1.29 is 18.3 Å². The molecular weight excluding hydrogens is 392 g/mol. The van der Waals surface area contributed by atoms with E-state index in [1.165, 1.54) is 16.6 Å². The third-order valence-corrected chi connectivity index (χ3v) is 6.63. The van der Waals surface area contributed by atoms with Crippen molar-refractivity contribution in [3.63, 3.8) is 0 Å². The van der Waals surface area contributed by atoms with E-state index in [2.05, 4.69) is 21.5 Å². The van der Waals surface area contributed by atoms with Gasteiger partial charge >= 0.3 is 0 Å². The molecule has 1 aromatic heterocycles. The minimum absolute atomic E-state index is 0.00223. The number of likely N-dealkylation sites (tertiary alicyclic amines) is 1. The maximum atomic E-state index is 13.5. The number of aromatic nitrogens is 3. The van der Waals surface area contributed by atoms with E-state index in [-0.39, 0.29) is 17.9 Å². The van der Waals surface area contributed by atoms with Gasteiger partial charge in [0.05, 0.1) is 6.61 Å². The predicted octanol–water partition coefficient (Wildman–Crippen LogP) is 2.82. The van der Waals surface area contributed by atoms with E-state index >= 15 is 0 Å². The molecule has 0 radical (unpaired) electrons. The summed E-state index contributed by atoms with van der Waals surface area (Å²) in [6.45, 7) is 1.76. The number of benzene rings is 1. The Morgan fingerprint density at radius 3 is 2.83 bits per heavy atom. The molecule has 1 saturated heterocycles. The number of rotatable bonds is 3. The van der Waals surface area contributed by atoms with Crippen molar-refractivity contribution in [2.24, 2.45) is 5.92 Å². The second-order valence-electron chi connectivity index (χ2n) is 8.28. The number of nitrogens with zero attached hydrogens (tertiary/aromatic N) is 4. The van der Waals surface area contributed by atoms with E-state index in [1.54, 1.807) is 0 Å². The fourth-order valence-electron chi connectivity index (χ4n) is 4.99. The van der Waals surface area contributed by atoms with E-state index in [4.69, 9.17) is 4.74 Å². The Kier molecular flexibility index (Phi) is 5.14. The van der Waals surface area contributed by atoms with Crippen LogP contribution in [0.15, 0.2) is 30.6 Å². The van der Waals surface area contributed by atoms with Crippen LogP contribution in [0.25, 0.3) is 0 Å². The largest absolute Gasteiger partial charge is 0.363 e. The Morgan fingerprint density at radius 1 is 1.23 bits per heavy atom. The number of ether oxygens (including phenoxy) is 1. The van der Waals surface area contributed by atoms with Crippen LogP contribution in [0.2, 0.25) is 0 Å². The highest BCUT2D eigenvalue weighted by atomic mass is 19.3. The van der Waals surface area contributed by atoms with Crippen LogP contribution < -0.4 is 5.32 Å². The molecule has 5 rings (SSSR count). The molecular formula is C21H25F2N5O2. The van der Waals surface area contributed by atoms with Gasteiger partial charge < -0.3 is 15.0 Å². The molecule has 1 aromatic carbocycles. The second-order valence-corrected chi connectivity index (χ2v) is 8.28. The molecule has 3 aliphatic rings. The van der Waals surface area contributed by atoms with Gasteiger partial charge in [0.25, 0.3) is 12.3 Å². The lowest BCUT2D eigenvalue weighted by Gasteiger charge is -2.41. The Balaban J connectivity index is 1.24. The molecule has 3 atom stereocenters. The van der Waals surface area contributed by atoms with E-state index in [1.807, 2.05) is 23.1 Å². The summed E-state index contributed by atoms with van der Waals surface area (Å²) in [6.07, 6.45) is 0.950. The fraction of sp³-hybridized carbons (Fsp3) is 0.571. The number of hydrogen-bond acceptors (Lipinski definition) is 5. The molecule has 2 aromatic rings. The van der Waals surface area contributed by atoms with Crippen LogP contribution in [-0.2, 0) is 16.0 Å². The second kappa shape index (κ2) is 7.94. The highest BCUT2D eigenvalue weighted by Crippen LogP contribution is 2.36. The van der Waals surface area contributed by atoms with Crippen molar-refractivity contribution in [3.05, 3.63) is 41.7 Å². The lowest BCUT2D eigenvalue weighted by Crippen LogP contribution is -2.47. The van der Waals surface area contributed by atoms with Crippen molar-refractivity contribution in [3.8, 4) is 0 Å². The number of nitrogens with one attached hydrogen (secondary N) is 1. The summed E-state index contributed by atoms with van der Waals surface area (Å²) < 4.78 is 34.2.